The SMILES string of the molecule is CC[C@H](C)[C@H](NC(=O)Cc1ccc(OC)c(Cl)c1)C(=O)OC. The van der Waals surface area contributed by atoms with Crippen LogP contribution in [0.4, 0.5) is 0 Å². The second-order valence-corrected chi connectivity index (χ2v) is 5.51. The first kappa shape index (κ1) is 18.3. The highest BCUT2D eigenvalue weighted by Crippen LogP contribution is 2.25. The molecule has 22 heavy (non-hydrogen) atoms. The van der Waals surface area contributed by atoms with Crippen LogP contribution in [0.25, 0.3) is 0 Å². The molecule has 0 saturated carbocycles. The summed E-state index contributed by atoms with van der Waals surface area (Å²) in [6.07, 6.45) is 0.891. The van der Waals surface area contributed by atoms with Crippen LogP contribution in [0.3, 0.4) is 0 Å². The molecule has 6 heteroatoms. The van der Waals surface area contributed by atoms with Crippen LogP contribution in [-0.4, -0.2) is 32.1 Å². The van der Waals surface area contributed by atoms with Crippen LogP contribution in [0, 0.1) is 5.92 Å². The summed E-state index contributed by atoms with van der Waals surface area (Å²) in [4.78, 5) is 23.9. The van der Waals surface area contributed by atoms with E-state index in [4.69, 9.17) is 21.1 Å². The van der Waals surface area contributed by atoms with E-state index in [-0.39, 0.29) is 18.2 Å². The van der Waals surface area contributed by atoms with Gasteiger partial charge in [0.2, 0.25) is 5.91 Å². The second-order valence-electron chi connectivity index (χ2n) is 5.10. The Hall–Kier alpha value is -1.75. The lowest BCUT2D eigenvalue weighted by Crippen LogP contribution is -2.46. The van der Waals surface area contributed by atoms with Crippen LogP contribution in [-0.2, 0) is 20.7 Å². The number of carbonyl (C=O) groups is 2. The zero-order chi connectivity index (χ0) is 16.7. The highest BCUT2D eigenvalue weighted by Gasteiger charge is 2.26. The Morgan fingerprint density at radius 3 is 2.50 bits per heavy atom. The van der Waals surface area contributed by atoms with E-state index >= 15 is 0 Å². The molecule has 1 rings (SSSR count). The molecule has 5 nitrogen and oxygen atoms in total. The molecule has 1 amide bonds. The quantitative estimate of drug-likeness (QED) is 0.782. The number of methoxy groups -OCH3 is 2. The third-order valence-corrected chi connectivity index (χ3v) is 3.86. The van der Waals surface area contributed by atoms with Crippen molar-refractivity contribution < 1.29 is 19.1 Å². The molecule has 0 fully saturated rings. The van der Waals surface area contributed by atoms with Gasteiger partial charge in [0.05, 0.1) is 25.7 Å². The van der Waals surface area contributed by atoms with Gasteiger partial charge < -0.3 is 14.8 Å². The second kappa shape index (κ2) is 8.63. The molecule has 0 bridgehead atoms. The molecule has 1 aromatic carbocycles. The van der Waals surface area contributed by atoms with E-state index in [9.17, 15) is 9.59 Å². The fourth-order valence-corrected chi connectivity index (χ4v) is 2.31. The molecule has 0 heterocycles. The third-order valence-electron chi connectivity index (χ3n) is 3.57. The van der Waals surface area contributed by atoms with Crippen molar-refractivity contribution in [3.05, 3.63) is 28.8 Å². The van der Waals surface area contributed by atoms with E-state index < -0.39 is 12.0 Å². The van der Waals surface area contributed by atoms with E-state index in [0.717, 1.165) is 12.0 Å². The van der Waals surface area contributed by atoms with Crippen LogP contribution >= 0.6 is 11.6 Å². The molecular weight excluding hydrogens is 306 g/mol. The summed E-state index contributed by atoms with van der Waals surface area (Å²) in [5.74, 6) is -0.138. The normalized spacial score (nSPS) is 13.1. The average Bonchev–Trinajstić information content (AvgIpc) is 2.51. The standard InChI is InChI=1S/C16H22ClNO4/c1-5-10(2)15(16(20)22-4)18-14(19)9-11-6-7-13(21-3)12(17)8-11/h6-8,10,15H,5,9H2,1-4H3,(H,18,19)/t10-,15-/m0/s1. The van der Waals surface area contributed by atoms with Gasteiger partial charge >= 0.3 is 5.97 Å². The van der Waals surface area contributed by atoms with Crippen LogP contribution in [0.2, 0.25) is 5.02 Å². The minimum atomic E-state index is -0.642. The Balaban J connectivity index is 2.75. The largest absolute Gasteiger partial charge is 0.495 e. The lowest BCUT2D eigenvalue weighted by atomic mass is 9.99. The molecule has 0 aliphatic heterocycles. The Morgan fingerprint density at radius 2 is 2.00 bits per heavy atom. The average molecular weight is 328 g/mol. The van der Waals surface area contributed by atoms with Gasteiger partial charge in [0, 0.05) is 0 Å². The summed E-state index contributed by atoms with van der Waals surface area (Å²) in [7, 11) is 2.84. The van der Waals surface area contributed by atoms with E-state index in [0.29, 0.717) is 10.8 Å². The number of halogens is 1. The van der Waals surface area contributed by atoms with Crippen molar-refractivity contribution in [2.75, 3.05) is 14.2 Å². The molecule has 0 saturated heterocycles. The van der Waals surface area contributed by atoms with Gasteiger partial charge in [0.25, 0.3) is 0 Å². The number of rotatable bonds is 7. The lowest BCUT2D eigenvalue weighted by Gasteiger charge is -2.21. The van der Waals surface area contributed by atoms with Crippen molar-refractivity contribution in [2.24, 2.45) is 5.92 Å². The highest BCUT2D eigenvalue weighted by molar-refractivity contribution is 6.32. The fourth-order valence-electron chi connectivity index (χ4n) is 2.03. The molecule has 0 radical (unpaired) electrons. The molecule has 0 unspecified atom stereocenters. The molecule has 2 atom stereocenters. The maximum Gasteiger partial charge on any atom is 0.328 e. The highest BCUT2D eigenvalue weighted by atomic mass is 35.5. The maximum absolute atomic E-state index is 12.1. The van der Waals surface area contributed by atoms with Gasteiger partial charge in [0.15, 0.2) is 0 Å². The maximum atomic E-state index is 12.1. The Morgan fingerprint density at radius 1 is 1.32 bits per heavy atom. The van der Waals surface area contributed by atoms with Gasteiger partial charge in [-0.05, 0) is 23.6 Å². The summed E-state index contributed by atoms with van der Waals surface area (Å²) in [5.41, 5.74) is 0.746. The van der Waals surface area contributed by atoms with Crippen molar-refractivity contribution in [1.82, 2.24) is 5.32 Å². The minimum Gasteiger partial charge on any atom is -0.495 e. The number of hydrogen-bond acceptors (Lipinski definition) is 4. The van der Waals surface area contributed by atoms with Gasteiger partial charge in [-0.3, -0.25) is 4.79 Å². The van der Waals surface area contributed by atoms with Gasteiger partial charge in [0.1, 0.15) is 11.8 Å². The van der Waals surface area contributed by atoms with E-state index in [1.807, 2.05) is 13.8 Å². The number of nitrogens with one attached hydrogen (secondary N) is 1. The van der Waals surface area contributed by atoms with Crippen molar-refractivity contribution in [3.63, 3.8) is 0 Å². The number of hydrogen-bond donors (Lipinski definition) is 1. The molecule has 0 spiro atoms. The molecule has 1 aromatic rings. The number of benzene rings is 1. The van der Waals surface area contributed by atoms with Gasteiger partial charge in [-0.1, -0.05) is 37.9 Å². The summed E-state index contributed by atoms with van der Waals surface area (Å²) in [5, 5.41) is 3.17. The summed E-state index contributed by atoms with van der Waals surface area (Å²) >= 11 is 6.03. The fraction of sp³-hybridized carbons (Fsp3) is 0.500. The Kier molecular flexibility index (Phi) is 7.18. The summed E-state index contributed by atoms with van der Waals surface area (Å²) in [6, 6.07) is 4.50. The summed E-state index contributed by atoms with van der Waals surface area (Å²) < 4.78 is 9.81. The number of carbonyl (C=O) groups excluding carboxylic acids is 2. The lowest BCUT2D eigenvalue weighted by molar-refractivity contribution is -0.146. The molecular formula is C16H22ClNO4. The molecule has 0 aromatic heterocycles. The third kappa shape index (κ3) is 4.91. The predicted octanol–water partition coefficient (Wildman–Crippen LogP) is 2.60. The number of ether oxygens (including phenoxy) is 2. The van der Waals surface area contributed by atoms with Crippen LogP contribution in [0.5, 0.6) is 5.75 Å². The van der Waals surface area contributed by atoms with Crippen molar-refractivity contribution in [3.8, 4) is 5.75 Å². The molecule has 0 aliphatic carbocycles. The molecule has 122 valence electrons. The first-order valence-corrected chi connectivity index (χ1v) is 7.50. The van der Waals surface area contributed by atoms with E-state index in [1.165, 1.54) is 14.2 Å². The van der Waals surface area contributed by atoms with Crippen LogP contribution < -0.4 is 10.1 Å². The Bertz CT molecular complexity index is 533. The number of amides is 1. The zero-order valence-electron chi connectivity index (χ0n) is 13.3. The zero-order valence-corrected chi connectivity index (χ0v) is 14.1. The minimum absolute atomic E-state index is 0.00384. The van der Waals surface area contributed by atoms with E-state index in [2.05, 4.69) is 5.32 Å². The van der Waals surface area contributed by atoms with Gasteiger partial charge in [-0.15, -0.1) is 0 Å². The van der Waals surface area contributed by atoms with Crippen molar-refractivity contribution in [2.45, 2.75) is 32.7 Å². The smallest absolute Gasteiger partial charge is 0.328 e. The summed E-state index contributed by atoms with van der Waals surface area (Å²) in [6.45, 7) is 3.85. The van der Waals surface area contributed by atoms with Crippen LogP contribution in [0.15, 0.2) is 18.2 Å². The van der Waals surface area contributed by atoms with Gasteiger partial charge in [-0.25, -0.2) is 4.79 Å². The predicted molar refractivity (Wildman–Crippen MR) is 85.1 cm³/mol. The van der Waals surface area contributed by atoms with Crippen molar-refractivity contribution >= 4 is 23.5 Å². The Labute approximate surface area is 135 Å². The van der Waals surface area contributed by atoms with E-state index in [1.54, 1.807) is 18.2 Å². The monoisotopic (exact) mass is 327 g/mol. The van der Waals surface area contributed by atoms with Crippen molar-refractivity contribution in [1.29, 1.82) is 0 Å². The topological polar surface area (TPSA) is 64.6 Å². The van der Waals surface area contributed by atoms with Gasteiger partial charge in [-0.2, -0.15) is 0 Å². The van der Waals surface area contributed by atoms with Crippen LogP contribution in [0.1, 0.15) is 25.8 Å². The first-order valence-electron chi connectivity index (χ1n) is 7.12. The number of esters is 1. The molecule has 1 N–H and O–H groups in total. The first-order chi connectivity index (χ1) is 10.4. The molecule has 0 aliphatic rings.